The molecule has 1 aromatic heterocycles. The number of rotatable bonds is 5. The van der Waals surface area contributed by atoms with Crippen molar-refractivity contribution in [3.8, 4) is 0 Å². The van der Waals surface area contributed by atoms with Crippen LogP contribution in [0.2, 0.25) is 0 Å². The normalized spacial score (nSPS) is 15.7. The van der Waals surface area contributed by atoms with Crippen molar-refractivity contribution in [3.63, 3.8) is 0 Å². The van der Waals surface area contributed by atoms with Crippen LogP contribution in [-0.4, -0.2) is 67.6 Å². The lowest BCUT2D eigenvalue weighted by molar-refractivity contribution is -0.129. The van der Waals surface area contributed by atoms with Crippen LogP contribution in [0.25, 0.3) is 17.0 Å². The first kappa shape index (κ1) is 16.7. The Morgan fingerprint density at radius 2 is 2.12 bits per heavy atom. The molecular weight excluding hydrogens is 302 g/mol. The fraction of sp³-hybridized carbons (Fsp3) is 0.421. The highest BCUT2D eigenvalue weighted by atomic mass is 16.5. The number of nitrogens with zero attached hydrogens (tertiary/aromatic N) is 2. The Morgan fingerprint density at radius 3 is 2.88 bits per heavy atom. The van der Waals surface area contributed by atoms with Crippen LogP contribution in [0.4, 0.5) is 0 Å². The van der Waals surface area contributed by atoms with Crippen LogP contribution in [0.3, 0.4) is 0 Å². The third-order valence-electron chi connectivity index (χ3n) is 4.36. The number of fused-ring (bicyclic) bond motifs is 1. The van der Waals surface area contributed by atoms with E-state index in [0.717, 1.165) is 24.0 Å². The molecule has 3 rings (SSSR count). The summed E-state index contributed by atoms with van der Waals surface area (Å²) >= 11 is 0. The quantitative estimate of drug-likeness (QED) is 0.856. The van der Waals surface area contributed by atoms with Gasteiger partial charge in [-0.1, -0.05) is 6.07 Å². The number of amides is 1. The molecule has 1 saturated heterocycles. The van der Waals surface area contributed by atoms with Crippen LogP contribution in [0, 0.1) is 0 Å². The van der Waals surface area contributed by atoms with Crippen LogP contribution < -0.4 is 0 Å². The first-order chi connectivity index (χ1) is 11.6. The SMILES string of the molecule is CN(C)CCc1c[nH]c2ccc(/C=C/C(=O)N3CCOCC3)cc12. The Morgan fingerprint density at radius 1 is 1.33 bits per heavy atom. The number of aromatic nitrogens is 1. The number of carbonyl (C=O) groups excluding carboxylic acids is 1. The first-order valence-electron chi connectivity index (χ1n) is 8.43. The van der Waals surface area contributed by atoms with E-state index in [1.165, 1.54) is 10.9 Å². The number of likely N-dealkylation sites (N-methyl/N-ethyl adjacent to an activating group) is 1. The molecule has 5 nitrogen and oxygen atoms in total. The Hall–Kier alpha value is -2.11. The molecule has 0 saturated carbocycles. The first-order valence-corrected chi connectivity index (χ1v) is 8.43. The molecule has 1 aromatic carbocycles. The average Bonchev–Trinajstić information content (AvgIpc) is 3.01. The van der Waals surface area contributed by atoms with Gasteiger partial charge in [0.1, 0.15) is 0 Å². The van der Waals surface area contributed by atoms with Gasteiger partial charge < -0.3 is 19.5 Å². The van der Waals surface area contributed by atoms with Gasteiger partial charge in [-0.05, 0) is 49.9 Å². The minimum atomic E-state index is 0.0558. The van der Waals surface area contributed by atoms with Crippen LogP contribution in [0.1, 0.15) is 11.1 Å². The smallest absolute Gasteiger partial charge is 0.246 e. The van der Waals surface area contributed by atoms with Crippen molar-refractivity contribution in [3.05, 3.63) is 41.6 Å². The molecule has 0 unspecified atom stereocenters. The molecule has 5 heteroatoms. The van der Waals surface area contributed by atoms with Gasteiger partial charge in [0.2, 0.25) is 5.91 Å². The minimum absolute atomic E-state index is 0.0558. The van der Waals surface area contributed by atoms with Gasteiger partial charge in [0.05, 0.1) is 13.2 Å². The largest absolute Gasteiger partial charge is 0.378 e. The van der Waals surface area contributed by atoms with Crippen molar-refractivity contribution < 1.29 is 9.53 Å². The summed E-state index contributed by atoms with van der Waals surface area (Å²) in [6.45, 7) is 3.63. The Balaban J connectivity index is 1.73. The fourth-order valence-corrected chi connectivity index (χ4v) is 2.91. The van der Waals surface area contributed by atoms with Crippen LogP contribution >= 0.6 is 0 Å². The monoisotopic (exact) mass is 327 g/mol. The van der Waals surface area contributed by atoms with Gasteiger partial charge >= 0.3 is 0 Å². The number of morpholine rings is 1. The molecule has 1 amide bonds. The highest BCUT2D eigenvalue weighted by Gasteiger charge is 2.14. The number of carbonyl (C=O) groups is 1. The van der Waals surface area contributed by atoms with Crippen molar-refractivity contribution in [2.45, 2.75) is 6.42 Å². The van der Waals surface area contributed by atoms with Crippen molar-refractivity contribution in [1.29, 1.82) is 0 Å². The lowest BCUT2D eigenvalue weighted by Crippen LogP contribution is -2.39. The highest BCUT2D eigenvalue weighted by molar-refractivity contribution is 5.93. The Bertz CT molecular complexity index is 727. The number of hydrogen-bond acceptors (Lipinski definition) is 3. The summed E-state index contributed by atoms with van der Waals surface area (Å²) in [6, 6.07) is 6.27. The standard InChI is InChI=1S/C19H25N3O2/c1-21(2)8-7-16-14-20-18-5-3-15(13-17(16)18)4-6-19(23)22-9-11-24-12-10-22/h3-6,13-14,20H,7-12H2,1-2H3/b6-4+. The third kappa shape index (κ3) is 4.04. The predicted octanol–water partition coefficient (Wildman–Crippen LogP) is 2.14. The van der Waals surface area contributed by atoms with Crippen molar-refractivity contribution >= 4 is 22.9 Å². The lowest BCUT2D eigenvalue weighted by atomic mass is 10.1. The molecule has 2 heterocycles. The number of H-pyrrole nitrogens is 1. The maximum absolute atomic E-state index is 12.2. The maximum atomic E-state index is 12.2. The predicted molar refractivity (Wildman–Crippen MR) is 97.0 cm³/mol. The second-order valence-electron chi connectivity index (χ2n) is 6.44. The molecule has 24 heavy (non-hydrogen) atoms. The summed E-state index contributed by atoms with van der Waals surface area (Å²) in [5.74, 6) is 0.0558. The van der Waals surface area contributed by atoms with E-state index in [2.05, 4.69) is 42.3 Å². The van der Waals surface area contributed by atoms with Crippen molar-refractivity contribution in [2.75, 3.05) is 46.9 Å². The number of benzene rings is 1. The van der Waals surface area contributed by atoms with E-state index in [1.807, 2.05) is 17.0 Å². The van der Waals surface area contributed by atoms with E-state index < -0.39 is 0 Å². The molecule has 0 atom stereocenters. The minimum Gasteiger partial charge on any atom is -0.378 e. The van der Waals surface area contributed by atoms with Crippen LogP contribution in [-0.2, 0) is 16.0 Å². The summed E-state index contributed by atoms with van der Waals surface area (Å²) in [4.78, 5) is 19.5. The summed E-state index contributed by atoms with van der Waals surface area (Å²) in [7, 11) is 4.17. The summed E-state index contributed by atoms with van der Waals surface area (Å²) < 4.78 is 5.28. The number of nitrogens with one attached hydrogen (secondary N) is 1. The van der Waals surface area contributed by atoms with Crippen LogP contribution in [0.15, 0.2) is 30.5 Å². The van der Waals surface area contributed by atoms with Gasteiger partial charge in [-0.15, -0.1) is 0 Å². The molecular formula is C19H25N3O2. The second-order valence-corrected chi connectivity index (χ2v) is 6.44. The maximum Gasteiger partial charge on any atom is 0.246 e. The van der Waals surface area contributed by atoms with Gasteiger partial charge in [-0.2, -0.15) is 0 Å². The number of ether oxygens (including phenoxy) is 1. The van der Waals surface area contributed by atoms with Gasteiger partial charge in [0.15, 0.2) is 0 Å². The molecule has 1 N–H and O–H groups in total. The Kier molecular flexibility index (Phi) is 5.33. The third-order valence-corrected chi connectivity index (χ3v) is 4.36. The van der Waals surface area contributed by atoms with E-state index in [0.29, 0.717) is 26.3 Å². The zero-order valence-corrected chi connectivity index (χ0v) is 14.4. The van der Waals surface area contributed by atoms with Gasteiger partial charge in [0.25, 0.3) is 0 Å². The van der Waals surface area contributed by atoms with E-state index >= 15 is 0 Å². The van der Waals surface area contributed by atoms with Crippen LogP contribution in [0.5, 0.6) is 0 Å². The zero-order chi connectivity index (χ0) is 16.9. The summed E-state index contributed by atoms with van der Waals surface area (Å²) in [5, 5.41) is 1.23. The lowest BCUT2D eigenvalue weighted by Gasteiger charge is -2.25. The molecule has 0 spiro atoms. The molecule has 2 aromatic rings. The average molecular weight is 327 g/mol. The molecule has 1 aliphatic rings. The zero-order valence-electron chi connectivity index (χ0n) is 14.4. The molecule has 1 fully saturated rings. The van der Waals surface area contributed by atoms with Gasteiger partial charge in [0, 0.05) is 42.8 Å². The molecule has 128 valence electrons. The molecule has 0 radical (unpaired) electrons. The second kappa shape index (κ2) is 7.64. The summed E-state index contributed by atoms with van der Waals surface area (Å²) in [5.41, 5.74) is 3.50. The molecule has 1 aliphatic heterocycles. The van der Waals surface area contributed by atoms with E-state index in [4.69, 9.17) is 4.74 Å². The van der Waals surface area contributed by atoms with Crippen molar-refractivity contribution in [2.24, 2.45) is 0 Å². The van der Waals surface area contributed by atoms with E-state index in [1.54, 1.807) is 6.08 Å². The summed E-state index contributed by atoms with van der Waals surface area (Å²) in [6.07, 6.45) is 6.66. The Labute approximate surface area is 142 Å². The molecule has 0 bridgehead atoms. The number of aromatic amines is 1. The molecule has 0 aliphatic carbocycles. The fourth-order valence-electron chi connectivity index (χ4n) is 2.91. The van der Waals surface area contributed by atoms with E-state index in [-0.39, 0.29) is 5.91 Å². The van der Waals surface area contributed by atoms with E-state index in [9.17, 15) is 4.79 Å². The number of hydrogen-bond donors (Lipinski definition) is 1. The van der Waals surface area contributed by atoms with Gasteiger partial charge in [-0.3, -0.25) is 4.79 Å². The highest BCUT2D eigenvalue weighted by Crippen LogP contribution is 2.21. The topological polar surface area (TPSA) is 48.6 Å². The van der Waals surface area contributed by atoms with Crippen molar-refractivity contribution in [1.82, 2.24) is 14.8 Å². The van der Waals surface area contributed by atoms with Gasteiger partial charge in [-0.25, -0.2) is 0 Å².